The lowest BCUT2D eigenvalue weighted by molar-refractivity contribution is -0.144. The Balaban J connectivity index is 1.55. The second-order valence-corrected chi connectivity index (χ2v) is 12.1. The van der Waals surface area contributed by atoms with Crippen LogP contribution in [0.4, 0.5) is 13.6 Å². The zero-order valence-electron chi connectivity index (χ0n) is 22.5. The Morgan fingerprint density at radius 3 is 2.21 bits per heavy atom. The van der Waals surface area contributed by atoms with Gasteiger partial charge in [-0.25, -0.2) is 13.6 Å². The fourth-order valence-corrected chi connectivity index (χ4v) is 6.23. The fraction of sp³-hybridized carbons (Fsp3) is 0.815. The number of hydrogen-bond donors (Lipinski definition) is 4. The first-order chi connectivity index (χ1) is 18.4. The molecule has 4 N–H and O–H groups in total. The van der Waals surface area contributed by atoms with Gasteiger partial charge in [0.1, 0.15) is 12.1 Å². The smallest absolute Gasteiger partial charge is 0.405 e. The lowest BCUT2D eigenvalue weighted by Gasteiger charge is -2.37. The summed E-state index contributed by atoms with van der Waals surface area (Å²) < 4.78 is 27.4. The van der Waals surface area contributed by atoms with E-state index >= 15 is 0 Å². The normalized spacial score (nSPS) is 24.4. The molecular formula is C27H40F2N4O6. The molecule has 4 amide bonds. The van der Waals surface area contributed by atoms with Crippen molar-refractivity contribution in [1.29, 1.82) is 0 Å². The molecule has 12 heteroatoms. The molecule has 4 aliphatic rings. The van der Waals surface area contributed by atoms with E-state index in [1.807, 2.05) is 0 Å². The fourth-order valence-electron chi connectivity index (χ4n) is 6.23. The van der Waals surface area contributed by atoms with Crippen molar-refractivity contribution in [2.24, 2.45) is 11.3 Å². The number of halogens is 2. The van der Waals surface area contributed by atoms with Crippen LogP contribution in [0.25, 0.3) is 0 Å². The predicted molar refractivity (Wildman–Crippen MR) is 136 cm³/mol. The maximum Gasteiger partial charge on any atom is 0.405 e. The molecule has 1 aliphatic heterocycles. The van der Waals surface area contributed by atoms with Crippen molar-refractivity contribution in [2.45, 2.75) is 120 Å². The molecular weight excluding hydrogens is 514 g/mol. The number of Topliss-reactive ketones (excluding diaryl/α,β-unsaturated/α-hetero) is 1. The highest BCUT2D eigenvalue weighted by molar-refractivity contribution is 6.38. The van der Waals surface area contributed by atoms with Gasteiger partial charge in [-0.2, -0.15) is 0 Å². The lowest BCUT2D eigenvalue weighted by atomic mass is 9.72. The van der Waals surface area contributed by atoms with Crippen molar-refractivity contribution in [3.05, 3.63) is 0 Å². The molecule has 10 nitrogen and oxygen atoms in total. The van der Waals surface area contributed by atoms with Gasteiger partial charge in [-0.05, 0) is 69.6 Å². The van der Waals surface area contributed by atoms with Crippen molar-refractivity contribution in [3.63, 3.8) is 0 Å². The van der Waals surface area contributed by atoms with E-state index in [4.69, 9.17) is 0 Å². The van der Waals surface area contributed by atoms with E-state index in [1.54, 1.807) is 0 Å². The zero-order valence-corrected chi connectivity index (χ0v) is 22.5. The molecule has 1 saturated heterocycles. The van der Waals surface area contributed by atoms with Gasteiger partial charge in [-0.1, -0.05) is 25.7 Å². The molecule has 3 aliphatic carbocycles. The van der Waals surface area contributed by atoms with Gasteiger partial charge in [-0.3, -0.25) is 19.2 Å². The third kappa shape index (κ3) is 7.45. The van der Waals surface area contributed by atoms with Gasteiger partial charge in [0.2, 0.25) is 23.5 Å². The topological polar surface area (TPSA) is 145 Å². The predicted octanol–water partition coefficient (Wildman–Crippen LogP) is 2.74. The third-order valence-electron chi connectivity index (χ3n) is 8.82. The Bertz CT molecular complexity index is 972. The molecule has 0 aromatic heterocycles. The number of carboxylic acid groups (broad SMARTS) is 1. The first-order valence-electron chi connectivity index (χ1n) is 14.2. The van der Waals surface area contributed by atoms with Crippen LogP contribution in [0, 0.1) is 11.3 Å². The van der Waals surface area contributed by atoms with Crippen LogP contribution in [0.5, 0.6) is 0 Å². The summed E-state index contributed by atoms with van der Waals surface area (Å²) in [7, 11) is 0. The number of nitrogens with one attached hydrogen (secondary N) is 3. The molecule has 4 rings (SSSR count). The molecule has 0 aromatic carbocycles. The van der Waals surface area contributed by atoms with E-state index < -0.39 is 66.5 Å². The molecule has 0 radical (unpaired) electrons. The minimum Gasteiger partial charge on any atom is -0.465 e. The highest BCUT2D eigenvalue weighted by Crippen LogP contribution is 2.47. The first-order valence-corrected chi connectivity index (χ1v) is 14.2. The SMILES string of the molecule is CC(F)(F)CC[C@H](NC(=O)[C@@H]1CC2(CCCCC2)CN1C(=O)[C@H](NC(=O)O)C1CCC1)C(=O)C(=O)NC1CC1. The maximum atomic E-state index is 13.8. The molecule has 0 bridgehead atoms. The average molecular weight is 555 g/mol. The van der Waals surface area contributed by atoms with Crippen LogP contribution in [0.1, 0.15) is 90.4 Å². The number of amides is 4. The summed E-state index contributed by atoms with van der Waals surface area (Å²) in [6.07, 6.45) is 6.22. The van der Waals surface area contributed by atoms with Gasteiger partial charge in [0, 0.05) is 19.0 Å². The monoisotopic (exact) mass is 554 g/mol. The van der Waals surface area contributed by atoms with Gasteiger partial charge in [0.15, 0.2) is 0 Å². The number of nitrogens with zero attached hydrogens (tertiary/aromatic N) is 1. The minimum absolute atomic E-state index is 0.121. The van der Waals surface area contributed by atoms with Crippen LogP contribution in [-0.2, 0) is 19.2 Å². The molecule has 0 unspecified atom stereocenters. The molecule has 218 valence electrons. The minimum atomic E-state index is -3.10. The summed E-state index contributed by atoms with van der Waals surface area (Å²) in [4.78, 5) is 65.7. The highest BCUT2D eigenvalue weighted by Gasteiger charge is 2.51. The highest BCUT2D eigenvalue weighted by atomic mass is 19.3. The Labute approximate surface area is 227 Å². The second kappa shape index (κ2) is 11.8. The molecule has 39 heavy (non-hydrogen) atoms. The second-order valence-electron chi connectivity index (χ2n) is 12.1. The number of ketones is 1. The summed E-state index contributed by atoms with van der Waals surface area (Å²) >= 11 is 0. The molecule has 0 aromatic rings. The van der Waals surface area contributed by atoms with Gasteiger partial charge in [0.25, 0.3) is 5.91 Å². The summed E-state index contributed by atoms with van der Waals surface area (Å²) in [5, 5.41) is 16.8. The van der Waals surface area contributed by atoms with Crippen molar-refractivity contribution < 1.29 is 37.9 Å². The molecule has 3 atom stereocenters. The van der Waals surface area contributed by atoms with E-state index in [0.29, 0.717) is 32.7 Å². The number of likely N-dealkylation sites (tertiary alicyclic amines) is 1. The van der Waals surface area contributed by atoms with Crippen LogP contribution >= 0.6 is 0 Å². The Kier molecular flexibility index (Phi) is 8.80. The van der Waals surface area contributed by atoms with Crippen LogP contribution in [-0.4, -0.2) is 76.2 Å². The number of carbonyl (C=O) groups excluding carboxylic acids is 4. The van der Waals surface area contributed by atoms with Crippen LogP contribution in [0.3, 0.4) is 0 Å². The number of rotatable bonds is 11. The van der Waals surface area contributed by atoms with Crippen LogP contribution in [0.2, 0.25) is 0 Å². The van der Waals surface area contributed by atoms with Crippen molar-refractivity contribution in [1.82, 2.24) is 20.9 Å². The van der Waals surface area contributed by atoms with Gasteiger partial charge in [-0.15, -0.1) is 0 Å². The number of carbonyl (C=O) groups is 5. The summed E-state index contributed by atoms with van der Waals surface area (Å²) in [6.45, 7) is 1.00. The van der Waals surface area contributed by atoms with Gasteiger partial charge < -0.3 is 26.0 Å². The first kappa shape index (κ1) is 29.2. The molecule has 1 heterocycles. The lowest BCUT2D eigenvalue weighted by Crippen LogP contribution is -2.58. The largest absolute Gasteiger partial charge is 0.465 e. The van der Waals surface area contributed by atoms with E-state index in [-0.39, 0.29) is 17.4 Å². The Morgan fingerprint density at radius 1 is 1.00 bits per heavy atom. The standard InChI is InChI=1S/C27H40F2N4O6/c1-26(28,29)13-10-18(21(34)23(36)30-17-8-9-17)31-22(35)19-14-27(11-3-2-4-12-27)15-33(19)24(37)20(32-25(38)39)16-6-5-7-16/h16-20,32H,2-15H2,1H3,(H,30,36)(H,31,35)(H,38,39)/t18-,19-,20+/m0/s1. The van der Waals surface area contributed by atoms with Gasteiger partial charge >= 0.3 is 6.09 Å². The van der Waals surface area contributed by atoms with Crippen LogP contribution < -0.4 is 16.0 Å². The number of alkyl halides is 2. The number of hydrogen-bond acceptors (Lipinski definition) is 5. The third-order valence-corrected chi connectivity index (χ3v) is 8.82. The van der Waals surface area contributed by atoms with E-state index in [1.165, 1.54) is 4.90 Å². The zero-order chi connectivity index (χ0) is 28.4. The Hall–Kier alpha value is -2.79. The average Bonchev–Trinajstić information content (AvgIpc) is 3.57. The van der Waals surface area contributed by atoms with E-state index in [9.17, 15) is 37.9 Å². The van der Waals surface area contributed by atoms with E-state index in [0.717, 1.165) is 51.4 Å². The summed E-state index contributed by atoms with van der Waals surface area (Å²) in [6, 6.07) is -3.55. The van der Waals surface area contributed by atoms with Crippen molar-refractivity contribution in [2.75, 3.05) is 6.54 Å². The Morgan fingerprint density at radius 2 is 1.67 bits per heavy atom. The molecule has 4 fully saturated rings. The van der Waals surface area contributed by atoms with Gasteiger partial charge in [0.05, 0.1) is 6.04 Å². The molecule has 3 saturated carbocycles. The van der Waals surface area contributed by atoms with Crippen LogP contribution in [0.15, 0.2) is 0 Å². The van der Waals surface area contributed by atoms with Crippen molar-refractivity contribution >= 4 is 29.6 Å². The van der Waals surface area contributed by atoms with E-state index in [2.05, 4.69) is 16.0 Å². The quantitative estimate of drug-likeness (QED) is 0.289. The maximum absolute atomic E-state index is 13.8. The summed E-state index contributed by atoms with van der Waals surface area (Å²) in [5.74, 6) is -6.31. The molecule has 1 spiro atoms. The van der Waals surface area contributed by atoms with Crippen molar-refractivity contribution in [3.8, 4) is 0 Å². The summed E-state index contributed by atoms with van der Waals surface area (Å²) in [5.41, 5.74) is -0.303.